The molecule has 2 heteroatoms. The second-order valence-electron chi connectivity index (χ2n) is 2.59. The van der Waals surface area contributed by atoms with Crippen molar-refractivity contribution in [1.29, 1.82) is 0 Å². The molecule has 0 unspecified atom stereocenters. The number of nitrogens with zero attached hydrogens (tertiary/aromatic N) is 1. The molecule has 0 bridgehead atoms. The van der Waals surface area contributed by atoms with Crippen molar-refractivity contribution in [2.75, 3.05) is 0 Å². The number of rotatable bonds is 4. The summed E-state index contributed by atoms with van der Waals surface area (Å²) in [5, 5.41) is 0. The average molecular weight is 141 g/mol. The molecule has 0 aliphatic rings. The molecular formula is C8H15NO. The van der Waals surface area contributed by atoms with Crippen LogP contribution in [-0.4, -0.2) is 18.0 Å². The highest BCUT2D eigenvalue weighted by molar-refractivity contribution is 6.27. The van der Waals surface area contributed by atoms with Crippen LogP contribution in [-0.2, 0) is 4.79 Å². The van der Waals surface area contributed by atoms with Gasteiger partial charge < -0.3 is 0 Å². The first-order chi connectivity index (χ1) is 4.66. The topological polar surface area (TPSA) is 29.4 Å². The SMILES string of the molecule is CCCC(=O)C=NC(C)C. The number of aliphatic imine (C=N–C) groups is 1. The Kier molecular flexibility index (Phi) is 4.81. The minimum atomic E-state index is 0.135. The van der Waals surface area contributed by atoms with Gasteiger partial charge in [0.25, 0.3) is 0 Å². The number of Topliss-reactive ketones (excluding diaryl/α,β-unsaturated/α-hetero) is 1. The van der Waals surface area contributed by atoms with Gasteiger partial charge in [-0.25, -0.2) is 0 Å². The van der Waals surface area contributed by atoms with Gasteiger partial charge in [0.15, 0.2) is 5.78 Å². The summed E-state index contributed by atoms with van der Waals surface area (Å²) in [6.07, 6.45) is 2.97. The van der Waals surface area contributed by atoms with Crippen molar-refractivity contribution < 1.29 is 4.79 Å². The maximum Gasteiger partial charge on any atom is 0.173 e. The highest BCUT2D eigenvalue weighted by Gasteiger charge is 1.93. The summed E-state index contributed by atoms with van der Waals surface area (Å²) in [5.74, 6) is 0.135. The van der Waals surface area contributed by atoms with Gasteiger partial charge in [0.05, 0.1) is 6.21 Å². The van der Waals surface area contributed by atoms with Crippen molar-refractivity contribution in [2.24, 2.45) is 4.99 Å². The fourth-order valence-corrected chi connectivity index (χ4v) is 0.543. The Hall–Kier alpha value is -0.660. The molecule has 0 amide bonds. The first-order valence-electron chi connectivity index (χ1n) is 3.72. The number of carbonyl (C=O) groups is 1. The van der Waals surface area contributed by atoms with E-state index in [-0.39, 0.29) is 11.8 Å². The van der Waals surface area contributed by atoms with E-state index in [1.165, 1.54) is 6.21 Å². The first kappa shape index (κ1) is 9.34. The van der Waals surface area contributed by atoms with Crippen molar-refractivity contribution in [1.82, 2.24) is 0 Å². The second-order valence-corrected chi connectivity index (χ2v) is 2.59. The molecule has 0 fully saturated rings. The van der Waals surface area contributed by atoms with Gasteiger partial charge in [-0.2, -0.15) is 0 Å². The van der Waals surface area contributed by atoms with E-state index >= 15 is 0 Å². The minimum absolute atomic E-state index is 0.135. The molecule has 0 saturated heterocycles. The molecule has 2 nitrogen and oxygen atoms in total. The Balaban J connectivity index is 3.56. The van der Waals surface area contributed by atoms with Crippen molar-refractivity contribution in [2.45, 2.75) is 39.7 Å². The summed E-state index contributed by atoms with van der Waals surface area (Å²) in [4.78, 5) is 14.8. The van der Waals surface area contributed by atoms with E-state index < -0.39 is 0 Å². The van der Waals surface area contributed by atoms with Crippen LogP contribution < -0.4 is 0 Å². The summed E-state index contributed by atoms with van der Waals surface area (Å²) < 4.78 is 0. The summed E-state index contributed by atoms with van der Waals surface area (Å²) in [6.45, 7) is 5.90. The fraction of sp³-hybridized carbons (Fsp3) is 0.750. The molecule has 0 aromatic heterocycles. The van der Waals surface area contributed by atoms with E-state index in [2.05, 4.69) is 4.99 Å². The Morgan fingerprint density at radius 3 is 2.60 bits per heavy atom. The van der Waals surface area contributed by atoms with Crippen LogP contribution in [0.4, 0.5) is 0 Å². The molecule has 0 N–H and O–H groups in total. The van der Waals surface area contributed by atoms with Crippen LogP contribution in [0.25, 0.3) is 0 Å². The van der Waals surface area contributed by atoms with Crippen LogP contribution in [0.5, 0.6) is 0 Å². The zero-order valence-corrected chi connectivity index (χ0v) is 6.92. The van der Waals surface area contributed by atoms with Gasteiger partial charge >= 0.3 is 0 Å². The lowest BCUT2D eigenvalue weighted by molar-refractivity contribution is -0.112. The lowest BCUT2D eigenvalue weighted by Crippen LogP contribution is -2.00. The Morgan fingerprint density at radius 1 is 1.60 bits per heavy atom. The molecule has 0 aliphatic carbocycles. The van der Waals surface area contributed by atoms with Gasteiger partial charge in [-0.15, -0.1) is 0 Å². The van der Waals surface area contributed by atoms with E-state index in [0.717, 1.165) is 6.42 Å². The van der Waals surface area contributed by atoms with Gasteiger partial charge in [0.1, 0.15) is 0 Å². The molecule has 0 radical (unpaired) electrons. The normalized spacial score (nSPS) is 11.2. The molecule has 0 aromatic rings. The number of carbonyl (C=O) groups excluding carboxylic acids is 1. The second kappa shape index (κ2) is 5.15. The van der Waals surface area contributed by atoms with Crippen LogP contribution in [0.2, 0.25) is 0 Å². The fourth-order valence-electron chi connectivity index (χ4n) is 0.543. The van der Waals surface area contributed by atoms with Crippen molar-refractivity contribution in [3.8, 4) is 0 Å². The van der Waals surface area contributed by atoms with E-state index in [1.807, 2.05) is 20.8 Å². The van der Waals surface area contributed by atoms with E-state index in [9.17, 15) is 4.79 Å². The number of hydrogen-bond acceptors (Lipinski definition) is 2. The van der Waals surface area contributed by atoms with Gasteiger partial charge in [-0.3, -0.25) is 9.79 Å². The van der Waals surface area contributed by atoms with Crippen LogP contribution in [0.15, 0.2) is 4.99 Å². The van der Waals surface area contributed by atoms with Crippen LogP contribution in [0.3, 0.4) is 0 Å². The minimum Gasteiger partial charge on any atom is -0.293 e. The third-order valence-corrected chi connectivity index (χ3v) is 1.01. The molecule has 0 aromatic carbocycles. The van der Waals surface area contributed by atoms with Gasteiger partial charge in [0.2, 0.25) is 0 Å². The lowest BCUT2D eigenvalue weighted by atomic mass is 10.2. The van der Waals surface area contributed by atoms with Crippen molar-refractivity contribution in [3.05, 3.63) is 0 Å². The highest BCUT2D eigenvalue weighted by Crippen LogP contribution is 1.88. The van der Waals surface area contributed by atoms with Crippen LogP contribution >= 0.6 is 0 Å². The van der Waals surface area contributed by atoms with Gasteiger partial charge in [-0.1, -0.05) is 6.92 Å². The van der Waals surface area contributed by atoms with Crippen molar-refractivity contribution >= 4 is 12.0 Å². The third-order valence-electron chi connectivity index (χ3n) is 1.01. The molecule has 0 spiro atoms. The average Bonchev–Trinajstić information content (AvgIpc) is 1.85. The Morgan fingerprint density at radius 2 is 2.20 bits per heavy atom. The summed E-state index contributed by atoms with van der Waals surface area (Å²) in [5.41, 5.74) is 0. The number of hydrogen-bond donors (Lipinski definition) is 0. The summed E-state index contributed by atoms with van der Waals surface area (Å²) in [6, 6.07) is 0.237. The predicted octanol–water partition coefficient (Wildman–Crippen LogP) is 1.83. The predicted molar refractivity (Wildman–Crippen MR) is 43.5 cm³/mol. The van der Waals surface area contributed by atoms with Crippen LogP contribution in [0, 0.1) is 0 Å². The maximum atomic E-state index is 10.8. The molecule has 0 heterocycles. The zero-order valence-electron chi connectivity index (χ0n) is 6.92. The lowest BCUT2D eigenvalue weighted by Gasteiger charge is -1.92. The molecule has 0 atom stereocenters. The van der Waals surface area contributed by atoms with E-state index in [4.69, 9.17) is 0 Å². The van der Waals surface area contributed by atoms with E-state index in [1.54, 1.807) is 0 Å². The molecule has 58 valence electrons. The van der Waals surface area contributed by atoms with Gasteiger partial charge in [0, 0.05) is 12.5 Å². The largest absolute Gasteiger partial charge is 0.293 e. The zero-order chi connectivity index (χ0) is 7.98. The molecule has 0 rings (SSSR count). The van der Waals surface area contributed by atoms with Crippen molar-refractivity contribution in [3.63, 3.8) is 0 Å². The van der Waals surface area contributed by atoms with Crippen LogP contribution in [0.1, 0.15) is 33.6 Å². The molecular weight excluding hydrogens is 126 g/mol. The molecule has 0 aliphatic heterocycles. The monoisotopic (exact) mass is 141 g/mol. The quantitative estimate of drug-likeness (QED) is 0.549. The molecule has 10 heavy (non-hydrogen) atoms. The summed E-state index contributed by atoms with van der Waals surface area (Å²) in [7, 11) is 0. The first-order valence-corrected chi connectivity index (χ1v) is 3.72. The summed E-state index contributed by atoms with van der Waals surface area (Å²) >= 11 is 0. The third kappa shape index (κ3) is 5.48. The Bertz CT molecular complexity index is 127. The Labute approximate surface area is 62.4 Å². The highest BCUT2D eigenvalue weighted by atomic mass is 16.1. The molecule has 0 saturated carbocycles. The standard InChI is InChI=1S/C8H15NO/c1-4-5-8(10)6-9-7(2)3/h6-7H,4-5H2,1-3H3. The smallest absolute Gasteiger partial charge is 0.173 e. The maximum absolute atomic E-state index is 10.8. The van der Waals surface area contributed by atoms with Gasteiger partial charge in [-0.05, 0) is 20.3 Å². The number of ketones is 1. The van der Waals surface area contributed by atoms with E-state index in [0.29, 0.717) is 6.42 Å².